The molecule has 2 rings (SSSR count). The van der Waals surface area contributed by atoms with E-state index in [1.54, 1.807) is 19.1 Å². The summed E-state index contributed by atoms with van der Waals surface area (Å²) in [4.78, 5) is 35.9. The zero-order valence-electron chi connectivity index (χ0n) is 11.6. The molecule has 1 heterocycles. The third kappa shape index (κ3) is 3.13. The van der Waals surface area contributed by atoms with E-state index < -0.39 is 23.9 Å². The predicted octanol–water partition coefficient (Wildman–Crippen LogP) is 1.17. The average molecular weight is 291 g/mol. The molecule has 0 aromatic heterocycles. The molecule has 1 aromatic rings. The van der Waals surface area contributed by atoms with Gasteiger partial charge in [0.05, 0.1) is 5.56 Å². The lowest BCUT2D eigenvalue weighted by Gasteiger charge is -2.22. The third-order valence-corrected chi connectivity index (χ3v) is 3.56. The summed E-state index contributed by atoms with van der Waals surface area (Å²) in [6.07, 6.45) is 1.27. The van der Waals surface area contributed by atoms with Gasteiger partial charge < -0.3 is 21.1 Å². The summed E-state index contributed by atoms with van der Waals surface area (Å²) in [6, 6.07) is 3.58. The Bertz CT molecular complexity index is 600. The number of hydrogen-bond donors (Lipinski definition) is 3. The van der Waals surface area contributed by atoms with Crippen molar-refractivity contribution in [2.45, 2.75) is 25.8 Å². The standard InChI is InChI=1S/C14H17N3O4/c1-8-4-5-9(7-10(8)13(19)20)16-14(21)17-6-2-3-11(17)12(15)18/h4-5,7,11H,2-3,6H2,1H3,(H2,15,18)(H,16,21)(H,19,20). The van der Waals surface area contributed by atoms with Gasteiger partial charge in [-0.2, -0.15) is 0 Å². The zero-order valence-corrected chi connectivity index (χ0v) is 11.6. The van der Waals surface area contributed by atoms with E-state index in [0.29, 0.717) is 24.2 Å². The van der Waals surface area contributed by atoms with Crippen molar-refractivity contribution in [1.82, 2.24) is 4.90 Å². The van der Waals surface area contributed by atoms with Gasteiger partial charge in [0.25, 0.3) is 0 Å². The summed E-state index contributed by atoms with van der Waals surface area (Å²) in [5, 5.41) is 11.7. The van der Waals surface area contributed by atoms with Crippen molar-refractivity contribution in [2.75, 3.05) is 11.9 Å². The Balaban J connectivity index is 2.14. The number of benzene rings is 1. The molecule has 3 amide bonds. The lowest BCUT2D eigenvalue weighted by atomic mass is 10.1. The quantitative estimate of drug-likeness (QED) is 0.775. The maximum Gasteiger partial charge on any atom is 0.336 e. The molecule has 1 saturated heterocycles. The highest BCUT2D eigenvalue weighted by atomic mass is 16.4. The number of nitrogens with two attached hydrogens (primary N) is 1. The number of carboxylic acids is 1. The van der Waals surface area contributed by atoms with Crippen molar-refractivity contribution in [3.63, 3.8) is 0 Å². The fraction of sp³-hybridized carbons (Fsp3) is 0.357. The molecule has 0 aliphatic carbocycles. The second-order valence-electron chi connectivity index (χ2n) is 5.02. The molecule has 7 nitrogen and oxygen atoms in total. The SMILES string of the molecule is Cc1ccc(NC(=O)N2CCCC2C(N)=O)cc1C(=O)O. The van der Waals surface area contributed by atoms with E-state index in [1.807, 2.05) is 0 Å². The van der Waals surface area contributed by atoms with Gasteiger partial charge in [0.1, 0.15) is 6.04 Å². The van der Waals surface area contributed by atoms with Crippen LogP contribution >= 0.6 is 0 Å². The highest BCUT2D eigenvalue weighted by Crippen LogP contribution is 2.20. The van der Waals surface area contributed by atoms with Crippen LogP contribution in [0.15, 0.2) is 18.2 Å². The van der Waals surface area contributed by atoms with E-state index in [2.05, 4.69) is 5.32 Å². The molecule has 1 unspecified atom stereocenters. The molecule has 0 radical (unpaired) electrons. The van der Waals surface area contributed by atoms with Crippen LogP contribution in [0.3, 0.4) is 0 Å². The van der Waals surface area contributed by atoms with Crippen LogP contribution < -0.4 is 11.1 Å². The molecular formula is C14H17N3O4. The van der Waals surface area contributed by atoms with Crippen molar-refractivity contribution >= 4 is 23.6 Å². The Kier molecular flexibility index (Phi) is 4.11. The molecule has 1 aromatic carbocycles. The average Bonchev–Trinajstić information content (AvgIpc) is 2.90. The van der Waals surface area contributed by atoms with Crippen LogP contribution in [0.25, 0.3) is 0 Å². The van der Waals surface area contributed by atoms with Gasteiger partial charge in [-0.05, 0) is 37.5 Å². The van der Waals surface area contributed by atoms with Gasteiger partial charge in [-0.15, -0.1) is 0 Å². The summed E-state index contributed by atoms with van der Waals surface area (Å²) in [5.74, 6) is -1.59. The second-order valence-corrected chi connectivity index (χ2v) is 5.02. The van der Waals surface area contributed by atoms with E-state index >= 15 is 0 Å². The normalized spacial score (nSPS) is 17.6. The molecule has 21 heavy (non-hydrogen) atoms. The minimum absolute atomic E-state index is 0.126. The predicted molar refractivity (Wildman–Crippen MR) is 76.1 cm³/mol. The minimum Gasteiger partial charge on any atom is -0.478 e. The number of primary amides is 1. The number of carboxylic acid groups (broad SMARTS) is 1. The molecule has 1 fully saturated rings. The largest absolute Gasteiger partial charge is 0.478 e. The number of rotatable bonds is 3. The number of carbonyl (C=O) groups excluding carboxylic acids is 2. The summed E-state index contributed by atoms with van der Waals surface area (Å²) >= 11 is 0. The topological polar surface area (TPSA) is 113 Å². The van der Waals surface area contributed by atoms with E-state index in [0.717, 1.165) is 6.42 Å². The number of nitrogens with zero attached hydrogens (tertiary/aromatic N) is 1. The minimum atomic E-state index is -1.06. The number of nitrogens with one attached hydrogen (secondary N) is 1. The maximum atomic E-state index is 12.2. The summed E-state index contributed by atoms with van der Waals surface area (Å²) in [5.41, 5.74) is 6.37. The van der Waals surface area contributed by atoms with Gasteiger partial charge in [0, 0.05) is 12.2 Å². The number of carbonyl (C=O) groups is 3. The van der Waals surface area contributed by atoms with Crippen molar-refractivity contribution in [2.24, 2.45) is 5.73 Å². The van der Waals surface area contributed by atoms with Crippen molar-refractivity contribution in [3.05, 3.63) is 29.3 Å². The first-order valence-electron chi connectivity index (χ1n) is 6.61. The number of likely N-dealkylation sites (tertiary alicyclic amines) is 1. The summed E-state index contributed by atoms with van der Waals surface area (Å²) < 4.78 is 0. The molecule has 1 aliphatic heterocycles. The van der Waals surface area contributed by atoms with Crippen molar-refractivity contribution < 1.29 is 19.5 Å². The first-order chi connectivity index (χ1) is 9.90. The molecule has 0 spiro atoms. The molecule has 4 N–H and O–H groups in total. The number of amides is 3. The van der Waals surface area contributed by atoms with Gasteiger partial charge in [0.2, 0.25) is 5.91 Å². The monoisotopic (exact) mass is 291 g/mol. The van der Waals surface area contributed by atoms with Gasteiger partial charge in [-0.1, -0.05) is 6.07 Å². The fourth-order valence-corrected chi connectivity index (χ4v) is 2.43. The van der Waals surface area contributed by atoms with Gasteiger partial charge >= 0.3 is 12.0 Å². The van der Waals surface area contributed by atoms with Crippen molar-refractivity contribution in [1.29, 1.82) is 0 Å². The maximum absolute atomic E-state index is 12.2. The Morgan fingerprint density at radius 1 is 1.38 bits per heavy atom. The van der Waals surface area contributed by atoms with E-state index in [1.165, 1.54) is 11.0 Å². The molecular weight excluding hydrogens is 274 g/mol. The van der Waals surface area contributed by atoms with Gasteiger partial charge in [0.15, 0.2) is 0 Å². The molecule has 0 bridgehead atoms. The van der Waals surface area contributed by atoms with Crippen LogP contribution in [0.2, 0.25) is 0 Å². The Morgan fingerprint density at radius 2 is 2.10 bits per heavy atom. The van der Waals surface area contributed by atoms with Gasteiger partial charge in [-0.25, -0.2) is 9.59 Å². The smallest absolute Gasteiger partial charge is 0.336 e. The lowest BCUT2D eigenvalue weighted by molar-refractivity contribution is -0.121. The zero-order chi connectivity index (χ0) is 15.6. The molecule has 1 atom stereocenters. The number of aryl methyl sites for hydroxylation is 1. The summed E-state index contributed by atoms with van der Waals surface area (Å²) in [7, 11) is 0. The lowest BCUT2D eigenvalue weighted by Crippen LogP contribution is -2.45. The Labute approximate surface area is 121 Å². The second kappa shape index (κ2) is 5.82. The van der Waals surface area contributed by atoms with Crippen LogP contribution in [-0.2, 0) is 4.79 Å². The number of anilines is 1. The molecule has 7 heteroatoms. The molecule has 0 saturated carbocycles. The highest BCUT2D eigenvalue weighted by molar-refractivity contribution is 5.96. The number of hydrogen-bond acceptors (Lipinski definition) is 3. The highest BCUT2D eigenvalue weighted by Gasteiger charge is 2.32. The number of aromatic carboxylic acids is 1. The number of urea groups is 1. The summed E-state index contributed by atoms with van der Waals surface area (Å²) in [6.45, 7) is 2.13. The van der Waals surface area contributed by atoms with Crippen LogP contribution in [0.4, 0.5) is 10.5 Å². The van der Waals surface area contributed by atoms with Crippen LogP contribution in [0.1, 0.15) is 28.8 Å². The first-order valence-corrected chi connectivity index (χ1v) is 6.61. The Hall–Kier alpha value is -2.57. The molecule has 1 aliphatic rings. The van der Waals surface area contributed by atoms with E-state index in [4.69, 9.17) is 10.8 Å². The van der Waals surface area contributed by atoms with Crippen LogP contribution in [-0.4, -0.2) is 40.5 Å². The van der Waals surface area contributed by atoms with Crippen LogP contribution in [0.5, 0.6) is 0 Å². The fourth-order valence-electron chi connectivity index (χ4n) is 2.43. The van der Waals surface area contributed by atoms with E-state index in [-0.39, 0.29) is 5.56 Å². The Morgan fingerprint density at radius 3 is 2.71 bits per heavy atom. The molecule has 112 valence electrons. The third-order valence-electron chi connectivity index (χ3n) is 3.56. The first kappa shape index (κ1) is 14.8. The van der Waals surface area contributed by atoms with Gasteiger partial charge in [-0.3, -0.25) is 4.79 Å². The van der Waals surface area contributed by atoms with E-state index in [9.17, 15) is 14.4 Å². The van der Waals surface area contributed by atoms with Crippen molar-refractivity contribution in [3.8, 4) is 0 Å². The van der Waals surface area contributed by atoms with Crippen LogP contribution in [0, 0.1) is 6.92 Å².